The highest BCUT2D eigenvalue weighted by Crippen LogP contribution is 2.44. The SMILES string of the molecule is CCCCCOc1ccc(C(CC2CC=CCC2)C2CCC(CCCCC)CC2)cc1. The Bertz CT molecular complexity index is 608. The van der Waals surface area contributed by atoms with Crippen LogP contribution in [0.2, 0.25) is 0 Å². The zero-order valence-corrected chi connectivity index (χ0v) is 20.5. The van der Waals surface area contributed by atoms with Gasteiger partial charge < -0.3 is 4.74 Å². The van der Waals surface area contributed by atoms with Crippen LogP contribution in [0.25, 0.3) is 0 Å². The van der Waals surface area contributed by atoms with Gasteiger partial charge in [-0.25, -0.2) is 0 Å². The average molecular weight is 425 g/mol. The van der Waals surface area contributed by atoms with E-state index < -0.39 is 0 Å². The highest BCUT2D eigenvalue weighted by molar-refractivity contribution is 5.30. The van der Waals surface area contributed by atoms with Gasteiger partial charge in [-0.1, -0.05) is 89.5 Å². The number of hydrogen-bond donors (Lipinski definition) is 0. The number of rotatable bonds is 13. The number of hydrogen-bond acceptors (Lipinski definition) is 1. The zero-order chi connectivity index (χ0) is 21.7. The van der Waals surface area contributed by atoms with Crippen LogP contribution in [0.4, 0.5) is 0 Å². The van der Waals surface area contributed by atoms with Gasteiger partial charge >= 0.3 is 0 Å². The normalized spacial score (nSPS) is 24.8. The Hall–Kier alpha value is -1.24. The summed E-state index contributed by atoms with van der Waals surface area (Å²) in [4.78, 5) is 0. The molecule has 0 spiro atoms. The molecule has 2 unspecified atom stereocenters. The van der Waals surface area contributed by atoms with E-state index in [0.717, 1.165) is 42.4 Å². The summed E-state index contributed by atoms with van der Waals surface area (Å²) in [7, 11) is 0. The first-order valence-corrected chi connectivity index (χ1v) is 13.7. The van der Waals surface area contributed by atoms with Crippen LogP contribution in [0.3, 0.4) is 0 Å². The topological polar surface area (TPSA) is 9.23 Å². The van der Waals surface area contributed by atoms with Crippen LogP contribution in [0.1, 0.15) is 122 Å². The molecule has 1 fully saturated rings. The molecule has 1 heteroatoms. The summed E-state index contributed by atoms with van der Waals surface area (Å²) < 4.78 is 5.99. The first kappa shape index (κ1) is 24.4. The number of benzene rings is 1. The number of ether oxygens (including phenoxy) is 1. The molecule has 0 bridgehead atoms. The van der Waals surface area contributed by atoms with Crippen molar-refractivity contribution in [3.63, 3.8) is 0 Å². The van der Waals surface area contributed by atoms with E-state index in [4.69, 9.17) is 4.74 Å². The Morgan fingerprint density at radius 2 is 1.55 bits per heavy atom. The lowest BCUT2D eigenvalue weighted by molar-refractivity contribution is 0.210. The molecule has 0 saturated heterocycles. The highest BCUT2D eigenvalue weighted by atomic mass is 16.5. The van der Waals surface area contributed by atoms with Crippen LogP contribution in [-0.4, -0.2) is 6.61 Å². The molecule has 0 heterocycles. The second kappa shape index (κ2) is 14.0. The summed E-state index contributed by atoms with van der Waals surface area (Å²) in [5.41, 5.74) is 1.57. The summed E-state index contributed by atoms with van der Waals surface area (Å²) in [6.07, 6.45) is 25.4. The van der Waals surface area contributed by atoms with Gasteiger partial charge in [-0.3, -0.25) is 0 Å². The van der Waals surface area contributed by atoms with Crippen molar-refractivity contribution in [2.45, 2.75) is 116 Å². The lowest BCUT2D eigenvalue weighted by Crippen LogP contribution is -2.23. The summed E-state index contributed by atoms with van der Waals surface area (Å²) in [6, 6.07) is 9.27. The summed E-state index contributed by atoms with van der Waals surface area (Å²) >= 11 is 0. The van der Waals surface area contributed by atoms with Gasteiger partial charge in [-0.2, -0.15) is 0 Å². The van der Waals surface area contributed by atoms with E-state index in [9.17, 15) is 0 Å². The van der Waals surface area contributed by atoms with Crippen molar-refractivity contribution in [1.29, 1.82) is 0 Å². The van der Waals surface area contributed by atoms with Crippen LogP contribution in [0.15, 0.2) is 36.4 Å². The van der Waals surface area contributed by atoms with Crippen LogP contribution in [0, 0.1) is 17.8 Å². The van der Waals surface area contributed by atoms with E-state index in [-0.39, 0.29) is 0 Å². The molecule has 0 aliphatic heterocycles. The maximum Gasteiger partial charge on any atom is 0.119 e. The van der Waals surface area contributed by atoms with Gasteiger partial charge in [0.25, 0.3) is 0 Å². The molecular weight excluding hydrogens is 376 g/mol. The van der Waals surface area contributed by atoms with Gasteiger partial charge in [0.15, 0.2) is 0 Å². The predicted molar refractivity (Wildman–Crippen MR) is 135 cm³/mol. The fraction of sp³-hybridized carbons (Fsp3) is 0.733. The van der Waals surface area contributed by atoms with Gasteiger partial charge in [0.05, 0.1) is 6.61 Å². The minimum absolute atomic E-state index is 0.738. The fourth-order valence-corrected chi connectivity index (χ4v) is 5.95. The molecule has 0 N–H and O–H groups in total. The first-order chi connectivity index (χ1) is 15.3. The third-order valence-corrected chi connectivity index (χ3v) is 7.97. The highest BCUT2D eigenvalue weighted by Gasteiger charge is 2.30. The minimum Gasteiger partial charge on any atom is -0.494 e. The molecule has 0 radical (unpaired) electrons. The van der Waals surface area contributed by atoms with E-state index in [2.05, 4.69) is 50.3 Å². The van der Waals surface area contributed by atoms with Gasteiger partial charge in [-0.15, -0.1) is 0 Å². The molecule has 3 rings (SSSR count). The second-order valence-corrected chi connectivity index (χ2v) is 10.4. The molecule has 1 aromatic carbocycles. The average Bonchev–Trinajstić information content (AvgIpc) is 2.82. The number of allylic oxidation sites excluding steroid dienone is 2. The maximum atomic E-state index is 5.99. The Balaban J connectivity index is 1.59. The maximum absolute atomic E-state index is 5.99. The Labute approximate surface area is 193 Å². The van der Waals surface area contributed by atoms with Crippen LogP contribution >= 0.6 is 0 Å². The van der Waals surface area contributed by atoms with Crippen molar-refractivity contribution < 1.29 is 4.74 Å². The smallest absolute Gasteiger partial charge is 0.119 e. The quantitative estimate of drug-likeness (QED) is 0.226. The molecule has 2 aliphatic rings. The Kier molecular flexibility index (Phi) is 11.0. The summed E-state index contributed by atoms with van der Waals surface area (Å²) in [6.45, 7) is 5.42. The van der Waals surface area contributed by atoms with Gasteiger partial charge in [0.2, 0.25) is 0 Å². The van der Waals surface area contributed by atoms with Crippen LogP contribution < -0.4 is 4.74 Å². The fourth-order valence-electron chi connectivity index (χ4n) is 5.95. The third-order valence-electron chi connectivity index (χ3n) is 7.97. The van der Waals surface area contributed by atoms with Gasteiger partial charge in [0.1, 0.15) is 5.75 Å². The standard InChI is InChI=1S/C30H48O/c1-3-5-8-12-25-15-17-27(18-16-25)30(24-26-13-9-7-10-14-26)28-19-21-29(22-20-28)31-23-11-6-4-2/h7,9,19-22,25-27,30H,3-6,8,10-18,23-24H2,1-2H3. The lowest BCUT2D eigenvalue weighted by Gasteiger charge is -2.36. The molecule has 1 saturated carbocycles. The van der Waals surface area contributed by atoms with Gasteiger partial charge in [0, 0.05) is 0 Å². The van der Waals surface area contributed by atoms with Crippen molar-refractivity contribution in [2.24, 2.45) is 17.8 Å². The zero-order valence-electron chi connectivity index (χ0n) is 20.5. The predicted octanol–water partition coefficient (Wildman–Crippen LogP) is 9.47. The van der Waals surface area contributed by atoms with Crippen molar-refractivity contribution in [3.05, 3.63) is 42.0 Å². The minimum atomic E-state index is 0.738. The van der Waals surface area contributed by atoms with Gasteiger partial charge in [-0.05, 0) is 86.3 Å². The van der Waals surface area contributed by atoms with E-state index in [1.54, 1.807) is 5.56 Å². The monoisotopic (exact) mass is 424 g/mol. The largest absolute Gasteiger partial charge is 0.494 e. The van der Waals surface area contributed by atoms with Crippen molar-refractivity contribution in [2.75, 3.05) is 6.61 Å². The van der Waals surface area contributed by atoms with Crippen LogP contribution in [-0.2, 0) is 0 Å². The molecule has 174 valence electrons. The van der Waals surface area contributed by atoms with E-state index in [0.29, 0.717) is 0 Å². The van der Waals surface area contributed by atoms with Crippen molar-refractivity contribution in [1.82, 2.24) is 0 Å². The van der Waals surface area contributed by atoms with E-state index >= 15 is 0 Å². The Morgan fingerprint density at radius 1 is 0.806 bits per heavy atom. The van der Waals surface area contributed by atoms with Crippen molar-refractivity contribution in [3.8, 4) is 5.75 Å². The molecule has 0 aromatic heterocycles. The van der Waals surface area contributed by atoms with E-state index in [1.165, 1.54) is 89.9 Å². The molecule has 1 aromatic rings. The molecule has 2 atom stereocenters. The molecule has 31 heavy (non-hydrogen) atoms. The number of unbranched alkanes of at least 4 members (excludes halogenated alkanes) is 4. The molecule has 0 amide bonds. The first-order valence-electron chi connectivity index (χ1n) is 13.7. The molecule has 2 aliphatic carbocycles. The van der Waals surface area contributed by atoms with Crippen LogP contribution in [0.5, 0.6) is 5.75 Å². The van der Waals surface area contributed by atoms with E-state index in [1.807, 2.05) is 0 Å². The molecular formula is C30H48O. The second-order valence-electron chi connectivity index (χ2n) is 10.4. The third kappa shape index (κ3) is 8.32. The molecule has 1 nitrogen and oxygen atoms in total. The Morgan fingerprint density at radius 3 is 2.23 bits per heavy atom. The lowest BCUT2D eigenvalue weighted by atomic mass is 9.69. The summed E-state index contributed by atoms with van der Waals surface area (Å²) in [5.74, 6) is 4.55. The van der Waals surface area contributed by atoms with Crippen molar-refractivity contribution >= 4 is 0 Å². The summed E-state index contributed by atoms with van der Waals surface area (Å²) in [5, 5.41) is 0.